The maximum Gasteiger partial charge on any atom is 0.243 e. The van der Waals surface area contributed by atoms with Crippen molar-refractivity contribution in [2.75, 3.05) is 39.8 Å². The quantitative estimate of drug-likeness (QED) is 0.330. The molecule has 1 aliphatic heterocycles. The Bertz CT molecular complexity index is 1470. The van der Waals surface area contributed by atoms with Crippen molar-refractivity contribution in [1.82, 2.24) is 13.9 Å². The minimum Gasteiger partial charge on any atom is -0.497 e. The molecule has 0 aromatic heterocycles. The summed E-state index contributed by atoms with van der Waals surface area (Å²) in [5.74, 6) is 0.118. The van der Waals surface area contributed by atoms with E-state index in [0.29, 0.717) is 31.7 Å². The minimum atomic E-state index is -3.94. The van der Waals surface area contributed by atoms with Crippen LogP contribution in [0, 0.1) is 0 Å². The van der Waals surface area contributed by atoms with E-state index in [0.717, 1.165) is 24.0 Å². The van der Waals surface area contributed by atoms with Crippen LogP contribution in [0.25, 0.3) is 0 Å². The number of amides is 1. The molecule has 214 valence electrons. The molecule has 1 saturated heterocycles. The van der Waals surface area contributed by atoms with E-state index in [-0.39, 0.29) is 29.4 Å². The number of rotatable bonds is 13. The summed E-state index contributed by atoms with van der Waals surface area (Å²) in [6.45, 7) is 1.19. The average molecular weight is 586 g/mol. The molecule has 1 fully saturated rings. The van der Waals surface area contributed by atoms with E-state index in [4.69, 9.17) is 4.74 Å². The summed E-state index contributed by atoms with van der Waals surface area (Å²) in [5, 5.41) is 2.80. The molecule has 11 heteroatoms. The first-order valence-corrected chi connectivity index (χ1v) is 16.1. The number of ether oxygens (including phenoxy) is 1. The lowest BCUT2D eigenvalue weighted by Gasteiger charge is -2.22. The van der Waals surface area contributed by atoms with E-state index >= 15 is 0 Å². The molecule has 1 amide bonds. The Hall–Kier alpha value is -3.25. The lowest BCUT2D eigenvalue weighted by atomic mass is 10.1. The van der Waals surface area contributed by atoms with Crippen LogP contribution in [0.4, 0.5) is 0 Å². The Morgan fingerprint density at radius 1 is 0.825 bits per heavy atom. The standard InChI is InChI=1S/C29H35N3O6S2/c1-38-26-11-15-28(16-12-26)40(36,37)32(22-18-24-7-3-2-4-8-24)23-29(33)30-19-17-25-9-13-27(14-10-25)39(34,35)31-20-5-6-21-31/h2-4,7-16H,5-6,17-23H2,1H3,(H,30,33). The van der Waals surface area contributed by atoms with Crippen molar-refractivity contribution in [3.8, 4) is 5.75 Å². The molecular weight excluding hydrogens is 550 g/mol. The molecule has 0 unspecified atom stereocenters. The van der Waals surface area contributed by atoms with Gasteiger partial charge in [-0.25, -0.2) is 16.8 Å². The number of nitrogens with one attached hydrogen (secondary N) is 1. The molecule has 9 nitrogen and oxygen atoms in total. The monoisotopic (exact) mass is 585 g/mol. The van der Waals surface area contributed by atoms with Crippen molar-refractivity contribution >= 4 is 26.0 Å². The van der Waals surface area contributed by atoms with Crippen molar-refractivity contribution in [1.29, 1.82) is 0 Å². The molecule has 0 saturated carbocycles. The van der Waals surface area contributed by atoms with Gasteiger partial charge in [0.05, 0.1) is 23.4 Å². The molecular formula is C29H35N3O6S2. The van der Waals surface area contributed by atoms with Gasteiger partial charge in [0, 0.05) is 26.2 Å². The number of hydrogen-bond donors (Lipinski definition) is 1. The van der Waals surface area contributed by atoms with Crippen LogP contribution in [0.5, 0.6) is 5.75 Å². The van der Waals surface area contributed by atoms with Gasteiger partial charge in [-0.2, -0.15) is 8.61 Å². The molecule has 1 N–H and O–H groups in total. The molecule has 1 aliphatic rings. The summed E-state index contributed by atoms with van der Waals surface area (Å²) in [6, 6.07) is 22.3. The highest BCUT2D eigenvalue weighted by atomic mass is 32.2. The third-order valence-electron chi connectivity index (χ3n) is 6.87. The molecule has 0 spiro atoms. The molecule has 0 aliphatic carbocycles. The molecule has 40 heavy (non-hydrogen) atoms. The van der Waals surface area contributed by atoms with Crippen LogP contribution in [0.1, 0.15) is 24.0 Å². The first-order valence-electron chi connectivity index (χ1n) is 13.2. The van der Waals surface area contributed by atoms with Gasteiger partial charge in [0.25, 0.3) is 0 Å². The zero-order chi connectivity index (χ0) is 28.6. The zero-order valence-electron chi connectivity index (χ0n) is 22.5. The molecule has 4 rings (SSSR count). The van der Waals surface area contributed by atoms with E-state index in [1.165, 1.54) is 27.9 Å². The van der Waals surface area contributed by atoms with Crippen molar-refractivity contribution in [2.45, 2.75) is 35.5 Å². The van der Waals surface area contributed by atoms with Crippen LogP contribution in [0.3, 0.4) is 0 Å². The maximum atomic E-state index is 13.4. The van der Waals surface area contributed by atoms with Gasteiger partial charge < -0.3 is 10.1 Å². The van der Waals surface area contributed by atoms with Crippen molar-refractivity contribution < 1.29 is 26.4 Å². The van der Waals surface area contributed by atoms with Gasteiger partial charge in [-0.05, 0) is 73.2 Å². The second-order valence-corrected chi connectivity index (χ2v) is 13.5. The van der Waals surface area contributed by atoms with Gasteiger partial charge >= 0.3 is 0 Å². The Labute approximate surface area is 236 Å². The highest BCUT2D eigenvalue weighted by molar-refractivity contribution is 7.89. The fraction of sp³-hybridized carbons (Fsp3) is 0.345. The minimum absolute atomic E-state index is 0.0816. The maximum absolute atomic E-state index is 13.4. The summed E-state index contributed by atoms with van der Waals surface area (Å²) < 4.78 is 60.2. The van der Waals surface area contributed by atoms with Crippen molar-refractivity contribution in [3.05, 3.63) is 90.0 Å². The summed E-state index contributed by atoms with van der Waals surface area (Å²) >= 11 is 0. The smallest absolute Gasteiger partial charge is 0.243 e. The van der Waals surface area contributed by atoms with Crippen LogP contribution in [0.2, 0.25) is 0 Å². The number of hydrogen-bond acceptors (Lipinski definition) is 6. The Kier molecular flexibility index (Phi) is 9.96. The fourth-order valence-electron chi connectivity index (χ4n) is 4.55. The topological polar surface area (TPSA) is 113 Å². The second-order valence-electron chi connectivity index (χ2n) is 9.60. The number of benzene rings is 3. The zero-order valence-corrected chi connectivity index (χ0v) is 24.2. The van der Waals surface area contributed by atoms with E-state index in [1.807, 2.05) is 30.3 Å². The number of methoxy groups -OCH3 is 1. The predicted molar refractivity (Wildman–Crippen MR) is 153 cm³/mol. The molecule has 0 atom stereocenters. The van der Waals surface area contributed by atoms with Gasteiger partial charge in [-0.1, -0.05) is 42.5 Å². The van der Waals surface area contributed by atoms with Gasteiger partial charge in [0.1, 0.15) is 5.75 Å². The van der Waals surface area contributed by atoms with Crippen molar-refractivity contribution in [3.63, 3.8) is 0 Å². The van der Waals surface area contributed by atoms with Crippen LogP contribution in [-0.4, -0.2) is 71.2 Å². The molecule has 3 aromatic rings. The van der Waals surface area contributed by atoms with Crippen LogP contribution >= 0.6 is 0 Å². The lowest BCUT2D eigenvalue weighted by molar-refractivity contribution is -0.121. The first-order chi connectivity index (χ1) is 19.2. The third kappa shape index (κ3) is 7.48. The Morgan fingerprint density at radius 3 is 2.05 bits per heavy atom. The first kappa shape index (κ1) is 29.7. The van der Waals surface area contributed by atoms with Gasteiger partial charge in [0.2, 0.25) is 26.0 Å². The van der Waals surface area contributed by atoms with Crippen LogP contribution in [0.15, 0.2) is 88.7 Å². The molecule has 1 heterocycles. The highest BCUT2D eigenvalue weighted by Crippen LogP contribution is 2.22. The number of carbonyl (C=O) groups excluding carboxylic acids is 1. The number of nitrogens with zero attached hydrogens (tertiary/aromatic N) is 2. The largest absolute Gasteiger partial charge is 0.497 e. The average Bonchev–Trinajstić information content (AvgIpc) is 3.52. The number of carbonyl (C=O) groups is 1. The summed E-state index contributed by atoms with van der Waals surface area (Å²) in [4.78, 5) is 13.2. The lowest BCUT2D eigenvalue weighted by Crippen LogP contribution is -2.42. The third-order valence-corrected chi connectivity index (χ3v) is 10.6. The van der Waals surface area contributed by atoms with E-state index in [2.05, 4.69) is 5.32 Å². The summed E-state index contributed by atoms with van der Waals surface area (Å²) in [6.07, 6.45) is 2.69. The highest BCUT2D eigenvalue weighted by Gasteiger charge is 2.28. The molecule has 0 radical (unpaired) electrons. The van der Waals surface area contributed by atoms with Gasteiger partial charge in [-0.15, -0.1) is 0 Å². The number of sulfonamides is 2. The Balaban J connectivity index is 1.37. The molecule has 0 bridgehead atoms. The normalized spacial score (nSPS) is 14.3. The van der Waals surface area contributed by atoms with E-state index in [9.17, 15) is 21.6 Å². The van der Waals surface area contributed by atoms with Crippen LogP contribution in [-0.2, 0) is 37.7 Å². The van der Waals surface area contributed by atoms with Crippen LogP contribution < -0.4 is 10.1 Å². The van der Waals surface area contributed by atoms with E-state index < -0.39 is 26.0 Å². The predicted octanol–water partition coefficient (Wildman–Crippen LogP) is 3.07. The second kappa shape index (κ2) is 13.4. The SMILES string of the molecule is COc1ccc(S(=O)(=O)N(CCc2ccccc2)CC(=O)NCCc2ccc(S(=O)(=O)N3CCCC3)cc2)cc1. The van der Waals surface area contributed by atoms with Crippen molar-refractivity contribution in [2.24, 2.45) is 0 Å². The molecule has 3 aromatic carbocycles. The summed E-state index contributed by atoms with van der Waals surface area (Å²) in [7, 11) is -5.91. The summed E-state index contributed by atoms with van der Waals surface area (Å²) in [5.41, 5.74) is 1.83. The van der Waals surface area contributed by atoms with E-state index in [1.54, 1.807) is 36.4 Å². The Morgan fingerprint density at radius 2 is 1.43 bits per heavy atom. The fourth-order valence-corrected chi connectivity index (χ4v) is 7.46. The van der Waals surface area contributed by atoms with Gasteiger partial charge in [-0.3, -0.25) is 4.79 Å². The van der Waals surface area contributed by atoms with Gasteiger partial charge in [0.15, 0.2) is 0 Å².